The molecule has 0 aliphatic carbocycles. The van der Waals surface area contributed by atoms with Crippen LogP contribution in [0, 0.1) is 6.92 Å². The summed E-state index contributed by atoms with van der Waals surface area (Å²) < 4.78 is 11.2. The fourth-order valence-corrected chi connectivity index (χ4v) is 2.97. The highest BCUT2D eigenvalue weighted by atomic mass is 35.5. The highest BCUT2D eigenvalue weighted by Crippen LogP contribution is 2.18. The second-order valence-electron chi connectivity index (χ2n) is 5.46. The summed E-state index contributed by atoms with van der Waals surface area (Å²) in [5, 5.41) is 9.97. The minimum Gasteiger partial charge on any atom is -0.493 e. The van der Waals surface area contributed by atoms with Crippen LogP contribution in [0.5, 0.6) is 11.5 Å². The number of thioether (sulfide) groups is 1. The van der Waals surface area contributed by atoms with Crippen LogP contribution >= 0.6 is 23.4 Å². The van der Waals surface area contributed by atoms with Crippen molar-refractivity contribution in [2.45, 2.75) is 19.4 Å². The van der Waals surface area contributed by atoms with Crippen molar-refractivity contribution in [2.75, 3.05) is 18.1 Å². The van der Waals surface area contributed by atoms with Crippen molar-refractivity contribution in [1.82, 2.24) is 0 Å². The molecule has 0 bridgehead atoms. The molecule has 4 nitrogen and oxygen atoms in total. The summed E-state index contributed by atoms with van der Waals surface area (Å²) in [6, 6.07) is 14.6. The number of benzene rings is 2. The molecule has 2 rings (SSSR count). The zero-order valence-corrected chi connectivity index (χ0v) is 15.6. The van der Waals surface area contributed by atoms with Gasteiger partial charge in [0.1, 0.15) is 11.5 Å². The van der Waals surface area contributed by atoms with Gasteiger partial charge in [0.2, 0.25) is 0 Å². The lowest BCUT2D eigenvalue weighted by Crippen LogP contribution is -2.27. The molecule has 0 saturated heterocycles. The first-order chi connectivity index (χ1) is 12.0. The summed E-state index contributed by atoms with van der Waals surface area (Å²) in [6.07, 6.45) is -0.401. The van der Waals surface area contributed by atoms with Gasteiger partial charge in [-0.1, -0.05) is 29.3 Å². The van der Waals surface area contributed by atoms with Crippen LogP contribution in [0.1, 0.15) is 12.0 Å². The predicted octanol–water partition coefficient (Wildman–Crippen LogP) is 4.68. The molecule has 0 fully saturated rings. The van der Waals surface area contributed by atoms with Crippen LogP contribution in [0.25, 0.3) is 0 Å². The van der Waals surface area contributed by atoms with Crippen LogP contribution in [0.4, 0.5) is 0 Å². The Morgan fingerprint density at radius 2 is 1.72 bits per heavy atom. The van der Waals surface area contributed by atoms with E-state index in [0.29, 0.717) is 29.6 Å². The van der Waals surface area contributed by atoms with Crippen LogP contribution < -0.4 is 9.47 Å². The van der Waals surface area contributed by atoms with Gasteiger partial charge in [-0.25, -0.2) is 4.79 Å². The predicted molar refractivity (Wildman–Crippen MR) is 102 cm³/mol. The summed E-state index contributed by atoms with van der Waals surface area (Å²) in [5.41, 5.74) is 1.11. The molecule has 0 aliphatic rings. The molecule has 1 atom stereocenters. The molecule has 1 N–H and O–H groups in total. The Morgan fingerprint density at radius 3 is 2.36 bits per heavy atom. The Balaban J connectivity index is 1.66. The third kappa shape index (κ3) is 7.28. The summed E-state index contributed by atoms with van der Waals surface area (Å²) in [5.74, 6) is 1.87. The van der Waals surface area contributed by atoms with E-state index in [1.54, 1.807) is 36.0 Å². The Hall–Kier alpha value is -1.85. The van der Waals surface area contributed by atoms with Crippen molar-refractivity contribution in [3.05, 3.63) is 59.1 Å². The van der Waals surface area contributed by atoms with E-state index in [-0.39, 0.29) is 0 Å². The normalized spacial score (nSPS) is 11.8. The maximum atomic E-state index is 11.3. The van der Waals surface area contributed by atoms with Crippen LogP contribution in [0.15, 0.2) is 48.5 Å². The lowest BCUT2D eigenvalue weighted by atomic mass is 10.2. The largest absolute Gasteiger partial charge is 0.493 e. The van der Waals surface area contributed by atoms with Gasteiger partial charge in [-0.3, -0.25) is 0 Å². The maximum absolute atomic E-state index is 11.3. The molecule has 0 saturated carbocycles. The van der Waals surface area contributed by atoms with E-state index in [1.807, 2.05) is 31.2 Å². The minimum atomic E-state index is -0.946. The summed E-state index contributed by atoms with van der Waals surface area (Å²) >= 11 is 7.46. The lowest BCUT2D eigenvalue weighted by Gasteiger charge is -2.15. The molecule has 25 heavy (non-hydrogen) atoms. The van der Waals surface area contributed by atoms with E-state index in [0.717, 1.165) is 17.1 Å². The van der Waals surface area contributed by atoms with E-state index >= 15 is 0 Å². The van der Waals surface area contributed by atoms with Crippen LogP contribution in [-0.2, 0) is 4.79 Å². The smallest absolute Gasteiger partial charge is 0.344 e. The van der Waals surface area contributed by atoms with Crippen molar-refractivity contribution in [1.29, 1.82) is 0 Å². The third-order valence-electron chi connectivity index (χ3n) is 3.41. The number of carbonyl (C=O) groups is 1. The Kier molecular flexibility index (Phi) is 7.95. The molecule has 2 aromatic rings. The lowest BCUT2D eigenvalue weighted by molar-refractivity contribution is -0.145. The van der Waals surface area contributed by atoms with Crippen LogP contribution in [-0.4, -0.2) is 35.3 Å². The number of halogens is 1. The molecular formula is C19H21ClO4S. The SMILES string of the molecule is Cc1ccc(OC(CCSCCOc2ccc(Cl)cc2)C(=O)O)cc1. The minimum absolute atomic E-state index is 0.439. The van der Waals surface area contributed by atoms with Crippen LogP contribution in [0.2, 0.25) is 5.02 Å². The van der Waals surface area contributed by atoms with Gasteiger partial charge < -0.3 is 14.6 Å². The molecule has 0 radical (unpaired) electrons. The standard InChI is InChI=1S/C19H21ClO4S/c1-14-2-6-17(7-3-14)24-18(19(21)22)10-12-25-13-11-23-16-8-4-15(20)5-9-16/h2-9,18H,10-13H2,1H3,(H,21,22). The fraction of sp³-hybridized carbons (Fsp3) is 0.316. The number of carboxylic acid groups (broad SMARTS) is 1. The molecule has 0 heterocycles. The van der Waals surface area contributed by atoms with Gasteiger partial charge in [-0.2, -0.15) is 11.8 Å². The van der Waals surface area contributed by atoms with Gasteiger partial charge in [0.25, 0.3) is 0 Å². The molecular weight excluding hydrogens is 360 g/mol. The molecule has 1 unspecified atom stereocenters. The number of hydrogen-bond donors (Lipinski definition) is 1. The van der Waals surface area contributed by atoms with Crippen molar-refractivity contribution in [2.24, 2.45) is 0 Å². The topological polar surface area (TPSA) is 55.8 Å². The first-order valence-corrected chi connectivity index (χ1v) is 9.50. The zero-order valence-electron chi connectivity index (χ0n) is 14.0. The third-order valence-corrected chi connectivity index (χ3v) is 4.64. The first-order valence-electron chi connectivity index (χ1n) is 7.97. The van der Waals surface area contributed by atoms with Gasteiger partial charge in [0.15, 0.2) is 6.10 Å². The number of carboxylic acids is 1. The second-order valence-corrected chi connectivity index (χ2v) is 7.12. The Morgan fingerprint density at radius 1 is 1.08 bits per heavy atom. The molecule has 6 heteroatoms. The van der Waals surface area contributed by atoms with Gasteiger partial charge >= 0.3 is 5.97 Å². The van der Waals surface area contributed by atoms with Crippen molar-refractivity contribution in [3.8, 4) is 11.5 Å². The molecule has 0 aromatic heterocycles. The fourth-order valence-electron chi connectivity index (χ4n) is 2.06. The van der Waals surface area contributed by atoms with Crippen molar-refractivity contribution >= 4 is 29.3 Å². The Bertz CT molecular complexity index is 658. The summed E-state index contributed by atoms with van der Waals surface area (Å²) in [4.78, 5) is 11.3. The number of rotatable bonds is 10. The highest BCUT2D eigenvalue weighted by Gasteiger charge is 2.19. The van der Waals surface area contributed by atoms with E-state index < -0.39 is 12.1 Å². The average Bonchev–Trinajstić information content (AvgIpc) is 2.60. The molecule has 2 aromatic carbocycles. The molecule has 0 spiro atoms. The number of aryl methyl sites for hydroxylation is 1. The molecule has 0 aliphatic heterocycles. The van der Waals surface area contributed by atoms with Crippen molar-refractivity contribution in [3.63, 3.8) is 0 Å². The van der Waals surface area contributed by atoms with Crippen LogP contribution in [0.3, 0.4) is 0 Å². The van der Waals surface area contributed by atoms with E-state index in [1.165, 1.54) is 0 Å². The van der Waals surface area contributed by atoms with E-state index in [4.69, 9.17) is 21.1 Å². The monoisotopic (exact) mass is 380 g/mol. The number of ether oxygens (including phenoxy) is 2. The van der Waals surface area contributed by atoms with Crippen molar-refractivity contribution < 1.29 is 19.4 Å². The van der Waals surface area contributed by atoms with Gasteiger partial charge in [-0.15, -0.1) is 0 Å². The summed E-state index contributed by atoms with van der Waals surface area (Å²) in [7, 11) is 0. The quantitative estimate of drug-likeness (QED) is 0.606. The molecule has 0 amide bonds. The van der Waals surface area contributed by atoms with Gasteiger partial charge in [0.05, 0.1) is 6.61 Å². The molecule has 134 valence electrons. The zero-order chi connectivity index (χ0) is 18.1. The van der Waals surface area contributed by atoms with E-state index in [2.05, 4.69) is 0 Å². The number of hydrogen-bond acceptors (Lipinski definition) is 4. The summed E-state index contributed by atoms with van der Waals surface area (Å²) in [6.45, 7) is 2.53. The number of aliphatic carboxylic acids is 1. The van der Waals surface area contributed by atoms with Gasteiger partial charge in [0, 0.05) is 17.2 Å². The highest BCUT2D eigenvalue weighted by molar-refractivity contribution is 7.99. The average molecular weight is 381 g/mol. The first kappa shape index (κ1) is 19.5. The second kappa shape index (κ2) is 10.2. The van der Waals surface area contributed by atoms with Gasteiger partial charge in [-0.05, 0) is 49.1 Å². The Labute approximate surface area is 157 Å². The maximum Gasteiger partial charge on any atom is 0.344 e. The van der Waals surface area contributed by atoms with E-state index in [9.17, 15) is 9.90 Å².